The molecule has 1 unspecified atom stereocenters. The van der Waals surface area contributed by atoms with E-state index in [2.05, 4.69) is 18.5 Å². The van der Waals surface area contributed by atoms with Crippen LogP contribution in [0.2, 0.25) is 0 Å². The highest BCUT2D eigenvalue weighted by Crippen LogP contribution is 2.25. The lowest BCUT2D eigenvalue weighted by Crippen LogP contribution is -2.48. The number of ether oxygens (including phenoxy) is 1. The number of benzene rings is 1. The third kappa shape index (κ3) is 9.17. The molecule has 0 aliphatic rings. The van der Waals surface area contributed by atoms with E-state index in [9.17, 15) is 9.59 Å². The van der Waals surface area contributed by atoms with Crippen molar-refractivity contribution < 1.29 is 27.6 Å². The molecule has 1 amide bonds. The van der Waals surface area contributed by atoms with Crippen LogP contribution in [0.25, 0.3) is 0 Å². The van der Waals surface area contributed by atoms with Gasteiger partial charge in [-0.15, -0.1) is 6.58 Å². The Kier molecular flexibility index (Phi) is 13.0. The van der Waals surface area contributed by atoms with Crippen molar-refractivity contribution in [2.75, 3.05) is 26.4 Å². The van der Waals surface area contributed by atoms with Gasteiger partial charge < -0.3 is 23.3 Å². The van der Waals surface area contributed by atoms with Crippen LogP contribution >= 0.6 is 0 Å². The van der Waals surface area contributed by atoms with Crippen molar-refractivity contribution in [3.63, 3.8) is 0 Å². The number of amides is 1. The maximum Gasteiger partial charge on any atom is 0.532 e. The Balaban J connectivity index is 2.86. The van der Waals surface area contributed by atoms with Crippen molar-refractivity contribution in [2.24, 2.45) is 5.41 Å². The van der Waals surface area contributed by atoms with Crippen LogP contribution in [-0.4, -0.2) is 47.1 Å². The zero-order valence-corrected chi connectivity index (χ0v) is 22.4. The van der Waals surface area contributed by atoms with Crippen molar-refractivity contribution in [3.8, 4) is 0 Å². The minimum atomic E-state index is -3.08. The van der Waals surface area contributed by atoms with E-state index < -0.39 is 20.3 Å². The molecular formula is C26H41NO6Si. The first-order valence-electron chi connectivity index (χ1n) is 11.9. The van der Waals surface area contributed by atoms with Crippen LogP contribution in [0.1, 0.15) is 65.5 Å². The van der Waals surface area contributed by atoms with Crippen LogP contribution < -0.4 is 5.32 Å². The molecule has 0 fully saturated rings. The maximum absolute atomic E-state index is 12.9. The number of hydrogen-bond acceptors (Lipinski definition) is 6. The Morgan fingerprint density at radius 1 is 1.03 bits per heavy atom. The van der Waals surface area contributed by atoms with Gasteiger partial charge in [0.15, 0.2) is 0 Å². The molecule has 0 aromatic heterocycles. The summed E-state index contributed by atoms with van der Waals surface area (Å²) in [6.07, 6.45) is 2.74. The Morgan fingerprint density at radius 2 is 1.59 bits per heavy atom. The SMILES string of the molecule is C=CCC(C)(C)C(=O)OCC(NC(=O)CCC(=C)[Si](OCC)(OCC)OCC)c1ccccc1. The third-order valence-electron chi connectivity index (χ3n) is 5.22. The number of allylic oxidation sites excluding steroid dienone is 2. The Bertz CT molecular complexity index is 779. The average Bonchev–Trinajstić information content (AvgIpc) is 2.80. The Labute approximate surface area is 205 Å². The molecule has 0 bridgehead atoms. The third-order valence-corrected chi connectivity index (χ3v) is 8.34. The largest absolute Gasteiger partial charge is 0.532 e. The van der Waals surface area contributed by atoms with Crippen molar-refractivity contribution in [1.29, 1.82) is 0 Å². The van der Waals surface area contributed by atoms with Gasteiger partial charge in [0.1, 0.15) is 6.61 Å². The molecule has 0 spiro atoms. The summed E-state index contributed by atoms with van der Waals surface area (Å²) < 4.78 is 23.2. The smallest absolute Gasteiger partial charge is 0.463 e. The monoisotopic (exact) mass is 491 g/mol. The molecule has 1 aromatic carbocycles. The first-order chi connectivity index (χ1) is 16.2. The Hall–Kier alpha value is -2.26. The quantitative estimate of drug-likeness (QED) is 0.189. The fraction of sp³-hybridized carbons (Fsp3) is 0.538. The standard InChI is InChI=1S/C26H41NO6Si/c1-8-19-26(6,7)25(29)30-20-23(22-15-13-12-14-16-22)27-24(28)18-17-21(5)34(31-9-2,32-10-3)33-11-4/h8,12-16,23H,1,5,9-11,17-20H2,2-4,6-7H3,(H,27,28). The zero-order valence-electron chi connectivity index (χ0n) is 21.4. The highest BCUT2D eigenvalue weighted by Gasteiger charge is 2.44. The van der Waals surface area contributed by atoms with Gasteiger partial charge in [-0.1, -0.05) is 43.0 Å². The maximum atomic E-state index is 12.9. The summed E-state index contributed by atoms with van der Waals surface area (Å²) >= 11 is 0. The van der Waals surface area contributed by atoms with Gasteiger partial charge in [0, 0.05) is 26.2 Å². The molecule has 1 rings (SSSR count). The second kappa shape index (κ2) is 14.9. The van der Waals surface area contributed by atoms with Gasteiger partial charge in [-0.25, -0.2) is 0 Å². The fourth-order valence-corrected chi connectivity index (χ4v) is 5.82. The van der Waals surface area contributed by atoms with Crippen LogP contribution in [-0.2, 0) is 27.6 Å². The van der Waals surface area contributed by atoms with Crippen molar-refractivity contribution in [3.05, 3.63) is 60.3 Å². The number of hydrogen-bond donors (Lipinski definition) is 1. The summed E-state index contributed by atoms with van der Waals surface area (Å²) in [5.74, 6) is -0.527. The number of esters is 1. The predicted octanol–water partition coefficient (Wildman–Crippen LogP) is 4.91. The molecular weight excluding hydrogens is 450 g/mol. The van der Waals surface area contributed by atoms with Gasteiger partial charge in [-0.05, 0) is 58.2 Å². The molecule has 1 aromatic rings. The molecule has 7 nitrogen and oxygen atoms in total. The topological polar surface area (TPSA) is 83.1 Å². The van der Waals surface area contributed by atoms with Gasteiger partial charge >= 0.3 is 14.8 Å². The van der Waals surface area contributed by atoms with Crippen molar-refractivity contribution in [1.82, 2.24) is 5.32 Å². The molecule has 1 atom stereocenters. The van der Waals surface area contributed by atoms with Gasteiger partial charge in [0.05, 0.1) is 11.5 Å². The normalized spacial score (nSPS) is 12.6. The summed E-state index contributed by atoms with van der Waals surface area (Å²) in [4.78, 5) is 25.4. The van der Waals surface area contributed by atoms with E-state index in [-0.39, 0.29) is 24.9 Å². The number of carbonyl (C=O) groups is 2. The molecule has 0 aliphatic carbocycles. The first-order valence-corrected chi connectivity index (χ1v) is 13.6. The van der Waals surface area contributed by atoms with E-state index in [0.29, 0.717) is 37.9 Å². The summed E-state index contributed by atoms with van der Waals surface area (Å²) in [6.45, 7) is 18.4. The van der Waals surface area contributed by atoms with Crippen molar-refractivity contribution >= 4 is 20.7 Å². The summed E-state index contributed by atoms with van der Waals surface area (Å²) in [6, 6.07) is 8.97. The van der Waals surface area contributed by atoms with Crippen LogP contribution in [0.5, 0.6) is 0 Å². The molecule has 0 heterocycles. The molecule has 190 valence electrons. The van der Waals surface area contributed by atoms with Gasteiger partial charge in [-0.3, -0.25) is 9.59 Å². The van der Waals surface area contributed by atoms with Crippen LogP contribution in [0.15, 0.2) is 54.8 Å². The second-order valence-electron chi connectivity index (χ2n) is 8.46. The van der Waals surface area contributed by atoms with Crippen LogP contribution in [0, 0.1) is 5.41 Å². The minimum absolute atomic E-state index is 0.0334. The summed E-state index contributed by atoms with van der Waals surface area (Å²) in [7, 11) is -3.08. The first kappa shape index (κ1) is 29.8. The zero-order chi connectivity index (χ0) is 25.6. The van der Waals surface area contributed by atoms with Gasteiger partial charge in [0.2, 0.25) is 5.91 Å². The summed E-state index contributed by atoms with van der Waals surface area (Å²) in [5.41, 5.74) is 0.168. The van der Waals surface area contributed by atoms with E-state index in [1.807, 2.05) is 65.0 Å². The molecule has 1 N–H and O–H groups in total. The number of rotatable bonds is 17. The lowest BCUT2D eigenvalue weighted by molar-refractivity contribution is -0.155. The highest BCUT2D eigenvalue weighted by molar-refractivity contribution is 6.68. The molecule has 0 aliphatic heterocycles. The van der Waals surface area contributed by atoms with Crippen LogP contribution in [0.4, 0.5) is 0 Å². The van der Waals surface area contributed by atoms with E-state index in [0.717, 1.165) is 5.56 Å². The van der Waals surface area contributed by atoms with Crippen molar-refractivity contribution in [2.45, 2.75) is 59.9 Å². The predicted molar refractivity (Wildman–Crippen MR) is 136 cm³/mol. The van der Waals surface area contributed by atoms with Gasteiger partial charge in [-0.2, -0.15) is 0 Å². The second-order valence-corrected chi connectivity index (χ2v) is 11.2. The minimum Gasteiger partial charge on any atom is -0.463 e. The molecule has 0 saturated carbocycles. The van der Waals surface area contributed by atoms with E-state index in [1.165, 1.54) is 0 Å². The van der Waals surface area contributed by atoms with Gasteiger partial charge in [0.25, 0.3) is 0 Å². The molecule has 0 saturated heterocycles. The fourth-order valence-electron chi connectivity index (χ4n) is 3.39. The summed E-state index contributed by atoms with van der Waals surface area (Å²) in [5, 5.41) is 3.66. The average molecular weight is 492 g/mol. The molecule has 0 radical (unpaired) electrons. The number of nitrogens with one attached hydrogen (secondary N) is 1. The van der Waals surface area contributed by atoms with E-state index in [4.69, 9.17) is 18.0 Å². The lowest BCUT2D eigenvalue weighted by Gasteiger charge is -2.30. The van der Waals surface area contributed by atoms with Crippen LogP contribution in [0.3, 0.4) is 0 Å². The number of carbonyl (C=O) groups excluding carboxylic acids is 2. The molecule has 34 heavy (non-hydrogen) atoms. The molecule has 8 heteroatoms. The highest BCUT2D eigenvalue weighted by atomic mass is 28.4. The lowest BCUT2D eigenvalue weighted by atomic mass is 9.90. The van der Waals surface area contributed by atoms with E-state index >= 15 is 0 Å². The van der Waals surface area contributed by atoms with E-state index in [1.54, 1.807) is 6.08 Å². The Morgan fingerprint density at radius 3 is 2.09 bits per heavy atom.